The van der Waals surface area contributed by atoms with Crippen molar-refractivity contribution >= 4 is 46.4 Å². The molecular formula is C23H19Cl2N3O4S. The third-order valence-corrected chi connectivity index (χ3v) is 5.97. The zero-order valence-corrected chi connectivity index (χ0v) is 20.2. The second-order valence-corrected chi connectivity index (χ2v) is 8.28. The van der Waals surface area contributed by atoms with Gasteiger partial charge in [-0.3, -0.25) is 0 Å². The molecule has 0 saturated heterocycles. The molecule has 2 aromatic carbocycles. The van der Waals surface area contributed by atoms with Crippen molar-refractivity contribution in [3.8, 4) is 28.5 Å². The lowest BCUT2D eigenvalue weighted by atomic mass is 10.1. The van der Waals surface area contributed by atoms with Crippen LogP contribution in [0.25, 0.3) is 11.3 Å². The molecule has 4 aromatic rings. The van der Waals surface area contributed by atoms with E-state index < -0.39 is 0 Å². The van der Waals surface area contributed by atoms with Gasteiger partial charge in [0.05, 0.1) is 50.2 Å². The van der Waals surface area contributed by atoms with E-state index in [0.717, 1.165) is 11.3 Å². The number of nitrogens with zero attached hydrogens (tertiary/aromatic N) is 3. The molecule has 0 unspecified atom stereocenters. The van der Waals surface area contributed by atoms with Crippen LogP contribution >= 0.6 is 34.5 Å². The second-order valence-electron chi connectivity index (χ2n) is 6.60. The summed E-state index contributed by atoms with van der Waals surface area (Å²) in [5, 5.41) is 7.52. The summed E-state index contributed by atoms with van der Waals surface area (Å²) < 4.78 is 23.5. The molecule has 0 spiro atoms. The second kappa shape index (κ2) is 10.2. The van der Waals surface area contributed by atoms with Gasteiger partial charge < -0.3 is 18.6 Å². The van der Waals surface area contributed by atoms with E-state index in [4.69, 9.17) is 46.8 Å². The van der Waals surface area contributed by atoms with Crippen LogP contribution in [-0.2, 0) is 0 Å². The number of benzene rings is 2. The Kier molecular flexibility index (Phi) is 7.08. The summed E-state index contributed by atoms with van der Waals surface area (Å²) in [4.78, 5) is 5.29. The Hall–Kier alpha value is -3.20. The van der Waals surface area contributed by atoms with Crippen LogP contribution in [-0.4, -0.2) is 32.2 Å². The zero-order valence-electron chi connectivity index (χ0n) is 17.9. The van der Waals surface area contributed by atoms with Crippen molar-refractivity contribution in [1.29, 1.82) is 0 Å². The molecule has 7 nitrogen and oxygen atoms in total. The Morgan fingerprint density at radius 3 is 2.36 bits per heavy atom. The molecule has 0 radical (unpaired) electrons. The van der Waals surface area contributed by atoms with Crippen LogP contribution in [0.5, 0.6) is 17.2 Å². The summed E-state index contributed by atoms with van der Waals surface area (Å²) in [5.41, 5.74) is 2.12. The van der Waals surface area contributed by atoms with Gasteiger partial charge in [-0.05, 0) is 42.5 Å². The van der Waals surface area contributed by atoms with Gasteiger partial charge >= 0.3 is 0 Å². The molecule has 33 heavy (non-hydrogen) atoms. The Labute approximate surface area is 204 Å². The van der Waals surface area contributed by atoms with Gasteiger partial charge in [-0.15, -0.1) is 11.3 Å². The normalized spacial score (nSPS) is 11.8. The molecule has 170 valence electrons. The molecule has 0 N–H and O–H groups in total. The Morgan fingerprint density at radius 2 is 1.76 bits per heavy atom. The Morgan fingerprint density at radius 1 is 1.00 bits per heavy atom. The minimum absolute atomic E-state index is 0.437. The third kappa shape index (κ3) is 4.93. The number of ether oxygens (including phenoxy) is 3. The van der Waals surface area contributed by atoms with Crippen LogP contribution < -0.4 is 19.0 Å². The van der Waals surface area contributed by atoms with Crippen LogP contribution in [0.4, 0.5) is 5.69 Å². The van der Waals surface area contributed by atoms with Crippen LogP contribution in [0.15, 0.2) is 68.6 Å². The molecule has 0 aliphatic heterocycles. The Balaban J connectivity index is 1.92. The SMILES string of the molecule is COc1cc(-c2csc(=Nc3ccc(Cl)cc3Cl)n2N=Cc2ccco2)cc(OC)c1OC. The quantitative estimate of drug-likeness (QED) is 0.279. The molecule has 0 amide bonds. The molecule has 0 bridgehead atoms. The van der Waals surface area contributed by atoms with Gasteiger partial charge in [0.15, 0.2) is 11.5 Å². The number of thiazole rings is 1. The molecule has 10 heteroatoms. The summed E-state index contributed by atoms with van der Waals surface area (Å²) in [7, 11) is 4.70. The number of aromatic nitrogens is 1. The molecular weight excluding hydrogens is 485 g/mol. The monoisotopic (exact) mass is 503 g/mol. The van der Waals surface area contributed by atoms with Gasteiger partial charge in [0.25, 0.3) is 0 Å². The summed E-state index contributed by atoms with van der Waals surface area (Å²) in [6.07, 6.45) is 3.19. The molecule has 2 aromatic heterocycles. The number of furan rings is 1. The number of halogens is 2. The van der Waals surface area contributed by atoms with E-state index in [2.05, 4.69) is 5.10 Å². The highest BCUT2D eigenvalue weighted by Crippen LogP contribution is 2.41. The van der Waals surface area contributed by atoms with Crippen molar-refractivity contribution in [3.05, 3.63) is 74.7 Å². The van der Waals surface area contributed by atoms with E-state index in [1.165, 1.54) is 11.3 Å². The highest BCUT2D eigenvalue weighted by molar-refractivity contribution is 7.07. The lowest BCUT2D eigenvalue weighted by Gasteiger charge is -2.14. The predicted octanol–water partition coefficient (Wildman–Crippen LogP) is 6.26. The van der Waals surface area contributed by atoms with E-state index >= 15 is 0 Å². The topological polar surface area (TPSA) is 70.5 Å². The minimum atomic E-state index is 0.437. The molecule has 0 aliphatic carbocycles. The maximum Gasteiger partial charge on any atom is 0.211 e. The van der Waals surface area contributed by atoms with Gasteiger partial charge in [0.1, 0.15) is 5.76 Å². The summed E-state index contributed by atoms with van der Waals surface area (Å²) in [6, 6.07) is 12.4. The fourth-order valence-electron chi connectivity index (χ4n) is 3.07. The zero-order chi connectivity index (χ0) is 23.4. The first-order chi connectivity index (χ1) is 16.0. The Bertz CT molecular complexity index is 1340. The van der Waals surface area contributed by atoms with Crippen LogP contribution in [0.3, 0.4) is 0 Å². The van der Waals surface area contributed by atoms with Crippen LogP contribution in [0.2, 0.25) is 10.0 Å². The van der Waals surface area contributed by atoms with E-state index in [1.807, 2.05) is 23.6 Å². The summed E-state index contributed by atoms with van der Waals surface area (Å²) in [5.74, 6) is 2.15. The highest BCUT2D eigenvalue weighted by atomic mass is 35.5. The molecule has 0 fully saturated rings. The summed E-state index contributed by atoms with van der Waals surface area (Å²) in [6.45, 7) is 0. The van der Waals surface area contributed by atoms with Crippen molar-refractivity contribution in [2.45, 2.75) is 0 Å². The van der Waals surface area contributed by atoms with Crippen LogP contribution in [0.1, 0.15) is 5.76 Å². The molecule has 4 rings (SSSR count). The van der Waals surface area contributed by atoms with Crippen molar-refractivity contribution in [1.82, 2.24) is 4.68 Å². The molecule has 2 heterocycles. The largest absolute Gasteiger partial charge is 0.493 e. The molecule has 0 atom stereocenters. The average Bonchev–Trinajstić information content (AvgIpc) is 3.48. The maximum absolute atomic E-state index is 6.34. The van der Waals surface area contributed by atoms with E-state index in [1.54, 1.807) is 62.7 Å². The predicted molar refractivity (Wildman–Crippen MR) is 131 cm³/mol. The average molecular weight is 504 g/mol. The van der Waals surface area contributed by atoms with Gasteiger partial charge in [-0.25, -0.2) is 9.67 Å². The lowest BCUT2D eigenvalue weighted by molar-refractivity contribution is 0.324. The van der Waals surface area contributed by atoms with Crippen molar-refractivity contribution in [2.24, 2.45) is 10.1 Å². The van der Waals surface area contributed by atoms with Gasteiger partial charge in [-0.1, -0.05) is 23.2 Å². The smallest absolute Gasteiger partial charge is 0.211 e. The first-order valence-electron chi connectivity index (χ1n) is 9.62. The van der Waals surface area contributed by atoms with Gasteiger partial charge in [-0.2, -0.15) is 5.10 Å². The van der Waals surface area contributed by atoms with Gasteiger partial charge in [0, 0.05) is 16.0 Å². The number of rotatable bonds is 7. The van der Waals surface area contributed by atoms with E-state index in [-0.39, 0.29) is 0 Å². The number of hydrogen-bond acceptors (Lipinski definition) is 7. The fourth-order valence-corrected chi connectivity index (χ4v) is 4.37. The van der Waals surface area contributed by atoms with Gasteiger partial charge in [0.2, 0.25) is 10.6 Å². The first-order valence-corrected chi connectivity index (χ1v) is 11.3. The van der Waals surface area contributed by atoms with Crippen molar-refractivity contribution in [3.63, 3.8) is 0 Å². The molecule has 0 aliphatic rings. The lowest BCUT2D eigenvalue weighted by Crippen LogP contribution is -2.11. The number of methoxy groups -OCH3 is 3. The molecule has 0 saturated carbocycles. The maximum atomic E-state index is 6.34. The van der Waals surface area contributed by atoms with E-state index in [9.17, 15) is 0 Å². The van der Waals surface area contributed by atoms with Crippen LogP contribution in [0, 0.1) is 0 Å². The minimum Gasteiger partial charge on any atom is -0.493 e. The highest BCUT2D eigenvalue weighted by Gasteiger charge is 2.17. The van der Waals surface area contributed by atoms with Crippen molar-refractivity contribution < 1.29 is 18.6 Å². The summed E-state index contributed by atoms with van der Waals surface area (Å²) >= 11 is 13.8. The number of hydrogen-bond donors (Lipinski definition) is 0. The third-order valence-electron chi connectivity index (χ3n) is 4.62. The first kappa shape index (κ1) is 23.0. The standard InChI is InChI=1S/C23H19Cl2N3O4S/c1-29-20-9-14(10-21(30-2)22(20)31-3)19-13-33-23(27-18-7-6-15(24)11-17(18)25)28(19)26-12-16-5-4-8-32-16/h4-13H,1-3H3. The van der Waals surface area contributed by atoms with Crippen molar-refractivity contribution in [2.75, 3.05) is 21.3 Å². The van der Waals surface area contributed by atoms with E-state index in [0.29, 0.717) is 43.5 Å². The fraction of sp³-hybridized carbons (Fsp3) is 0.130.